The molecule has 1 aromatic heterocycles. The topological polar surface area (TPSA) is 66.0 Å². The van der Waals surface area contributed by atoms with E-state index in [-0.39, 0.29) is 11.3 Å². The van der Waals surface area contributed by atoms with Crippen LogP contribution in [0.2, 0.25) is 0 Å². The number of aromatic nitrogens is 2. The first-order valence-electron chi connectivity index (χ1n) is 5.93. The maximum atomic E-state index is 12.0. The monoisotopic (exact) mass is 252 g/mol. The summed E-state index contributed by atoms with van der Waals surface area (Å²) in [6, 6.07) is 12.1. The van der Waals surface area contributed by atoms with Crippen LogP contribution in [0.4, 0.5) is 0 Å². The molecule has 3 aromatic rings. The number of nitrogens with zero attached hydrogens (tertiary/aromatic N) is 1. The van der Waals surface area contributed by atoms with Crippen LogP contribution in [-0.2, 0) is 0 Å². The molecule has 0 spiro atoms. The number of aromatic hydroxyl groups is 1. The van der Waals surface area contributed by atoms with E-state index < -0.39 is 0 Å². The van der Waals surface area contributed by atoms with Crippen molar-refractivity contribution in [3.05, 3.63) is 58.4 Å². The fourth-order valence-corrected chi connectivity index (χ4v) is 2.01. The summed E-state index contributed by atoms with van der Waals surface area (Å²) in [7, 11) is 0. The number of benzene rings is 2. The molecule has 94 valence electrons. The van der Waals surface area contributed by atoms with E-state index in [1.165, 1.54) is 0 Å². The van der Waals surface area contributed by atoms with Crippen LogP contribution in [0.1, 0.15) is 5.56 Å². The van der Waals surface area contributed by atoms with E-state index in [0.717, 1.165) is 11.1 Å². The maximum absolute atomic E-state index is 12.0. The second-order valence-electron chi connectivity index (χ2n) is 4.48. The molecule has 0 bridgehead atoms. The molecule has 19 heavy (non-hydrogen) atoms. The van der Waals surface area contributed by atoms with E-state index in [2.05, 4.69) is 9.97 Å². The summed E-state index contributed by atoms with van der Waals surface area (Å²) in [6.45, 7) is 1.94. The number of hydrogen-bond donors (Lipinski definition) is 2. The van der Waals surface area contributed by atoms with Gasteiger partial charge in [-0.15, -0.1) is 0 Å². The summed E-state index contributed by atoms with van der Waals surface area (Å²) in [5.74, 6) is 0.684. The zero-order chi connectivity index (χ0) is 13.4. The highest BCUT2D eigenvalue weighted by molar-refractivity contribution is 5.80. The van der Waals surface area contributed by atoms with Gasteiger partial charge in [-0.3, -0.25) is 4.79 Å². The first-order valence-corrected chi connectivity index (χ1v) is 5.93. The Kier molecular flexibility index (Phi) is 2.56. The van der Waals surface area contributed by atoms with Crippen LogP contribution in [0.3, 0.4) is 0 Å². The van der Waals surface area contributed by atoms with Crippen molar-refractivity contribution in [1.82, 2.24) is 9.97 Å². The molecule has 0 unspecified atom stereocenters. The largest absolute Gasteiger partial charge is 0.508 e. The summed E-state index contributed by atoms with van der Waals surface area (Å²) in [5, 5.41) is 9.85. The highest BCUT2D eigenvalue weighted by atomic mass is 16.3. The Morgan fingerprint density at radius 3 is 2.58 bits per heavy atom. The molecule has 0 aliphatic rings. The molecule has 0 aliphatic heterocycles. The van der Waals surface area contributed by atoms with Gasteiger partial charge in [0.15, 0.2) is 0 Å². The third-order valence-electron chi connectivity index (χ3n) is 3.00. The summed E-state index contributed by atoms with van der Waals surface area (Å²) in [6.07, 6.45) is 0. The van der Waals surface area contributed by atoms with Gasteiger partial charge in [0.05, 0.1) is 10.9 Å². The van der Waals surface area contributed by atoms with Crippen LogP contribution in [0.5, 0.6) is 5.75 Å². The zero-order valence-electron chi connectivity index (χ0n) is 10.3. The van der Waals surface area contributed by atoms with Crippen LogP contribution in [-0.4, -0.2) is 15.1 Å². The number of hydrogen-bond acceptors (Lipinski definition) is 3. The van der Waals surface area contributed by atoms with Crippen molar-refractivity contribution in [2.24, 2.45) is 0 Å². The lowest BCUT2D eigenvalue weighted by Crippen LogP contribution is -2.09. The van der Waals surface area contributed by atoms with Crippen molar-refractivity contribution in [3.8, 4) is 17.1 Å². The second-order valence-corrected chi connectivity index (χ2v) is 4.48. The average molecular weight is 252 g/mol. The van der Waals surface area contributed by atoms with Crippen molar-refractivity contribution in [3.63, 3.8) is 0 Å². The van der Waals surface area contributed by atoms with Gasteiger partial charge in [-0.25, -0.2) is 4.98 Å². The van der Waals surface area contributed by atoms with Gasteiger partial charge < -0.3 is 10.1 Å². The predicted octanol–water partition coefficient (Wildman–Crippen LogP) is 2.60. The van der Waals surface area contributed by atoms with Gasteiger partial charge >= 0.3 is 0 Å². The lowest BCUT2D eigenvalue weighted by molar-refractivity contribution is 0.475. The quantitative estimate of drug-likeness (QED) is 0.699. The number of aryl methyl sites for hydroxylation is 1. The number of rotatable bonds is 1. The van der Waals surface area contributed by atoms with Crippen molar-refractivity contribution in [2.45, 2.75) is 6.92 Å². The zero-order valence-corrected chi connectivity index (χ0v) is 10.3. The molecule has 0 saturated carbocycles. The fraction of sp³-hybridized carbons (Fsp3) is 0.0667. The molecule has 4 heteroatoms. The summed E-state index contributed by atoms with van der Waals surface area (Å²) in [5.41, 5.74) is 2.30. The van der Waals surface area contributed by atoms with E-state index in [0.29, 0.717) is 16.7 Å². The molecule has 0 fully saturated rings. The molecule has 0 amide bonds. The van der Waals surface area contributed by atoms with Gasteiger partial charge in [-0.05, 0) is 43.3 Å². The standard InChI is InChI=1S/C15H12N2O2/c1-9-2-7-13-12(8-9)15(19)17-14(16-13)10-3-5-11(18)6-4-10/h2-8,18H,1H3,(H,16,17,19). The molecule has 0 saturated heterocycles. The Balaban J connectivity index is 2.24. The average Bonchev–Trinajstić information content (AvgIpc) is 2.40. The van der Waals surface area contributed by atoms with Crippen LogP contribution in [0.15, 0.2) is 47.3 Å². The van der Waals surface area contributed by atoms with E-state index in [1.54, 1.807) is 24.3 Å². The minimum Gasteiger partial charge on any atom is -0.508 e. The highest BCUT2D eigenvalue weighted by Gasteiger charge is 2.06. The van der Waals surface area contributed by atoms with Crippen LogP contribution in [0, 0.1) is 6.92 Å². The van der Waals surface area contributed by atoms with Gasteiger partial charge in [0.1, 0.15) is 11.6 Å². The number of fused-ring (bicyclic) bond motifs is 1. The number of H-pyrrole nitrogens is 1. The third kappa shape index (κ3) is 2.08. The molecule has 2 aromatic carbocycles. The molecule has 0 aliphatic carbocycles. The lowest BCUT2D eigenvalue weighted by Gasteiger charge is -2.04. The Bertz CT molecular complexity index is 804. The molecule has 0 atom stereocenters. The van der Waals surface area contributed by atoms with Gasteiger partial charge in [0, 0.05) is 5.56 Å². The maximum Gasteiger partial charge on any atom is 0.259 e. The van der Waals surface area contributed by atoms with Crippen LogP contribution < -0.4 is 5.56 Å². The van der Waals surface area contributed by atoms with Gasteiger partial charge in [0.2, 0.25) is 0 Å². The number of aromatic amines is 1. The summed E-state index contributed by atoms with van der Waals surface area (Å²) in [4.78, 5) is 19.3. The first kappa shape index (κ1) is 11.5. The second kappa shape index (κ2) is 4.24. The Hall–Kier alpha value is -2.62. The van der Waals surface area contributed by atoms with Crippen molar-refractivity contribution >= 4 is 10.9 Å². The minimum absolute atomic E-state index is 0.156. The number of phenolic OH excluding ortho intramolecular Hbond substituents is 1. The van der Waals surface area contributed by atoms with Crippen molar-refractivity contribution < 1.29 is 5.11 Å². The first-order chi connectivity index (χ1) is 9.13. The van der Waals surface area contributed by atoms with Gasteiger partial charge in [-0.2, -0.15) is 0 Å². The van der Waals surface area contributed by atoms with Crippen LogP contribution >= 0.6 is 0 Å². The molecule has 2 N–H and O–H groups in total. The minimum atomic E-state index is -0.156. The highest BCUT2D eigenvalue weighted by Crippen LogP contribution is 2.19. The predicted molar refractivity (Wildman–Crippen MR) is 74.2 cm³/mol. The van der Waals surface area contributed by atoms with Crippen molar-refractivity contribution in [2.75, 3.05) is 0 Å². The Labute approximate surface area is 109 Å². The Morgan fingerprint density at radius 1 is 1.11 bits per heavy atom. The Morgan fingerprint density at radius 2 is 1.84 bits per heavy atom. The molecular formula is C15H12N2O2. The SMILES string of the molecule is Cc1ccc2nc(-c3ccc(O)cc3)[nH]c(=O)c2c1. The van der Waals surface area contributed by atoms with E-state index in [1.807, 2.05) is 25.1 Å². The van der Waals surface area contributed by atoms with E-state index in [9.17, 15) is 9.90 Å². The molecule has 1 heterocycles. The number of phenols is 1. The molecule has 3 rings (SSSR count). The molecular weight excluding hydrogens is 240 g/mol. The third-order valence-corrected chi connectivity index (χ3v) is 3.00. The fourth-order valence-electron chi connectivity index (χ4n) is 2.01. The number of nitrogens with one attached hydrogen (secondary N) is 1. The summed E-state index contributed by atoms with van der Waals surface area (Å²) >= 11 is 0. The van der Waals surface area contributed by atoms with E-state index >= 15 is 0 Å². The molecule has 4 nitrogen and oxygen atoms in total. The lowest BCUT2D eigenvalue weighted by atomic mass is 10.1. The van der Waals surface area contributed by atoms with E-state index in [4.69, 9.17) is 0 Å². The van der Waals surface area contributed by atoms with Crippen molar-refractivity contribution in [1.29, 1.82) is 0 Å². The summed E-state index contributed by atoms with van der Waals surface area (Å²) < 4.78 is 0. The molecule has 0 radical (unpaired) electrons. The normalized spacial score (nSPS) is 10.8. The van der Waals surface area contributed by atoms with Gasteiger partial charge in [0.25, 0.3) is 5.56 Å². The van der Waals surface area contributed by atoms with Crippen LogP contribution in [0.25, 0.3) is 22.3 Å². The van der Waals surface area contributed by atoms with Gasteiger partial charge in [-0.1, -0.05) is 11.6 Å². The smallest absolute Gasteiger partial charge is 0.259 e.